The number of likely N-dealkylation sites (N-methyl/N-ethyl adjacent to an activating group) is 1. The number of carbonyl (C=O) groups excluding carboxylic acids is 4. The molecule has 0 radical (unpaired) electrons. The van der Waals surface area contributed by atoms with Crippen molar-refractivity contribution in [3.8, 4) is 0 Å². The summed E-state index contributed by atoms with van der Waals surface area (Å²) in [6.07, 6.45) is 2.00. The lowest BCUT2D eigenvalue weighted by Crippen LogP contribution is -2.64. The molecular formula is C20H36N10O4. The Hall–Kier alpha value is -3.42. The molecule has 0 aromatic heterocycles. The van der Waals surface area contributed by atoms with Crippen molar-refractivity contribution in [2.75, 3.05) is 26.7 Å². The van der Waals surface area contributed by atoms with Gasteiger partial charge in [0.1, 0.15) is 12.1 Å². The van der Waals surface area contributed by atoms with E-state index in [1.807, 2.05) is 0 Å². The standard InChI is InChI=1S/C20H36N10O4/c1-30-9-13(29-18(34)14(30)5-3-7-27-20(24)25)15(31)11-8-12(16(21)32)28-17(33)10(11)4-2-6-26-19(22)23/h10-14H,2-9H2,1H3,(H2,21,32)(H,28,33)(H,29,34)(H4,22,23,26)(H4,24,25,27)/t10-,11?,12+,13+,14-/m0/s1. The lowest BCUT2D eigenvalue weighted by atomic mass is 9.75. The summed E-state index contributed by atoms with van der Waals surface area (Å²) in [6.45, 7) is 0.976. The molecule has 2 aliphatic heterocycles. The number of primary amides is 1. The zero-order chi connectivity index (χ0) is 25.4. The highest BCUT2D eigenvalue weighted by Gasteiger charge is 2.45. The normalized spacial score (nSPS) is 27.3. The third-order valence-electron chi connectivity index (χ3n) is 6.20. The van der Waals surface area contributed by atoms with Crippen molar-refractivity contribution in [3.05, 3.63) is 0 Å². The predicted molar refractivity (Wildman–Crippen MR) is 126 cm³/mol. The van der Waals surface area contributed by atoms with E-state index in [1.165, 1.54) is 0 Å². The largest absolute Gasteiger partial charge is 0.370 e. The first-order chi connectivity index (χ1) is 16.0. The summed E-state index contributed by atoms with van der Waals surface area (Å²) in [7, 11) is 1.76. The van der Waals surface area contributed by atoms with Crippen LogP contribution in [0.25, 0.3) is 0 Å². The minimum absolute atomic E-state index is 0.00857. The van der Waals surface area contributed by atoms with E-state index in [-0.39, 0.29) is 36.6 Å². The molecule has 0 aromatic rings. The Morgan fingerprint density at radius 2 is 1.47 bits per heavy atom. The molecule has 34 heavy (non-hydrogen) atoms. The topological polar surface area (TPSA) is 250 Å². The molecule has 2 aliphatic rings. The third kappa shape index (κ3) is 7.30. The zero-order valence-corrected chi connectivity index (χ0v) is 19.4. The monoisotopic (exact) mass is 480 g/mol. The van der Waals surface area contributed by atoms with Crippen LogP contribution in [-0.4, -0.2) is 85.1 Å². The highest BCUT2D eigenvalue weighted by Crippen LogP contribution is 2.30. The van der Waals surface area contributed by atoms with E-state index in [2.05, 4.69) is 20.6 Å². The van der Waals surface area contributed by atoms with Gasteiger partial charge >= 0.3 is 0 Å². The Morgan fingerprint density at radius 3 is 2.00 bits per heavy atom. The van der Waals surface area contributed by atoms with Crippen molar-refractivity contribution < 1.29 is 19.2 Å². The van der Waals surface area contributed by atoms with Gasteiger partial charge in [-0.1, -0.05) is 0 Å². The van der Waals surface area contributed by atoms with Gasteiger partial charge in [-0.3, -0.25) is 34.1 Å². The fraction of sp³-hybridized carbons (Fsp3) is 0.700. The Balaban J connectivity index is 2.08. The van der Waals surface area contributed by atoms with Gasteiger partial charge in [-0.2, -0.15) is 0 Å². The molecule has 190 valence electrons. The van der Waals surface area contributed by atoms with Gasteiger partial charge in [-0.15, -0.1) is 0 Å². The Morgan fingerprint density at radius 1 is 0.912 bits per heavy atom. The minimum Gasteiger partial charge on any atom is -0.370 e. The number of piperidine rings is 1. The van der Waals surface area contributed by atoms with E-state index in [9.17, 15) is 19.2 Å². The van der Waals surface area contributed by atoms with Crippen LogP contribution in [0.3, 0.4) is 0 Å². The third-order valence-corrected chi connectivity index (χ3v) is 6.20. The van der Waals surface area contributed by atoms with Crippen molar-refractivity contribution >= 4 is 35.4 Å². The highest BCUT2D eigenvalue weighted by molar-refractivity contribution is 5.98. The summed E-state index contributed by atoms with van der Waals surface area (Å²) >= 11 is 0. The Kier molecular flexibility index (Phi) is 9.59. The van der Waals surface area contributed by atoms with E-state index in [1.54, 1.807) is 11.9 Å². The van der Waals surface area contributed by atoms with Crippen LogP contribution in [0.1, 0.15) is 32.1 Å². The number of hydrogen-bond acceptors (Lipinski definition) is 7. The molecule has 14 heteroatoms. The second-order valence-corrected chi connectivity index (χ2v) is 8.73. The van der Waals surface area contributed by atoms with Crippen LogP contribution in [0.4, 0.5) is 0 Å². The number of nitrogens with zero attached hydrogens (tertiary/aromatic N) is 3. The first kappa shape index (κ1) is 26.8. The van der Waals surface area contributed by atoms with E-state index < -0.39 is 41.8 Å². The number of ketones is 1. The first-order valence-electron chi connectivity index (χ1n) is 11.3. The second kappa shape index (κ2) is 12.2. The van der Waals surface area contributed by atoms with Crippen LogP contribution < -0.4 is 39.3 Å². The van der Waals surface area contributed by atoms with Crippen molar-refractivity contribution in [1.29, 1.82) is 0 Å². The molecule has 12 N–H and O–H groups in total. The molecule has 0 saturated carbocycles. The van der Waals surface area contributed by atoms with Gasteiger partial charge in [-0.25, -0.2) is 0 Å². The maximum absolute atomic E-state index is 13.5. The van der Waals surface area contributed by atoms with Crippen LogP contribution in [0, 0.1) is 11.8 Å². The van der Waals surface area contributed by atoms with E-state index >= 15 is 0 Å². The van der Waals surface area contributed by atoms with Gasteiger partial charge < -0.3 is 39.3 Å². The van der Waals surface area contributed by atoms with Crippen molar-refractivity contribution in [2.45, 2.75) is 50.2 Å². The first-order valence-corrected chi connectivity index (χ1v) is 11.3. The van der Waals surface area contributed by atoms with Crippen molar-refractivity contribution in [1.82, 2.24) is 15.5 Å². The van der Waals surface area contributed by atoms with Crippen LogP contribution in [0.15, 0.2) is 9.98 Å². The Bertz CT molecular complexity index is 837. The maximum Gasteiger partial charge on any atom is 0.240 e. The lowest BCUT2D eigenvalue weighted by molar-refractivity contribution is -0.144. The van der Waals surface area contributed by atoms with Gasteiger partial charge in [-0.05, 0) is 39.2 Å². The average Bonchev–Trinajstić information content (AvgIpc) is 2.75. The minimum atomic E-state index is -0.948. The predicted octanol–water partition coefficient (Wildman–Crippen LogP) is -3.93. The van der Waals surface area contributed by atoms with Crippen LogP contribution in [0.2, 0.25) is 0 Å². The number of nitrogens with one attached hydrogen (secondary N) is 2. The molecule has 14 nitrogen and oxygen atoms in total. The summed E-state index contributed by atoms with van der Waals surface area (Å²) in [5, 5.41) is 5.37. The number of piperazine rings is 1. The molecule has 0 aliphatic carbocycles. The van der Waals surface area contributed by atoms with Crippen LogP contribution >= 0.6 is 0 Å². The molecule has 2 fully saturated rings. The van der Waals surface area contributed by atoms with Gasteiger partial charge in [0.05, 0.1) is 6.04 Å². The molecule has 0 bridgehead atoms. The summed E-state index contributed by atoms with van der Waals surface area (Å²) < 4.78 is 0. The number of Topliss-reactive ketones (excluding diaryl/α,β-unsaturated/α-hetero) is 1. The number of aliphatic imine (C=N–C) groups is 2. The van der Waals surface area contributed by atoms with Crippen LogP contribution in [0.5, 0.6) is 0 Å². The Labute approximate surface area is 198 Å². The number of guanidine groups is 2. The summed E-state index contributed by atoms with van der Waals surface area (Å²) in [5.41, 5.74) is 26.7. The fourth-order valence-electron chi connectivity index (χ4n) is 4.48. The molecule has 0 spiro atoms. The number of amides is 3. The number of rotatable bonds is 11. The van der Waals surface area contributed by atoms with E-state index in [0.29, 0.717) is 38.8 Å². The van der Waals surface area contributed by atoms with Crippen LogP contribution in [-0.2, 0) is 19.2 Å². The summed E-state index contributed by atoms with van der Waals surface area (Å²) in [4.78, 5) is 60.3. The lowest BCUT2D eigenvalue weighted by Gasteiger charge is -2.40. The molecule has 2 rings (SSSR count). The van der Waals surface area contributed by atoms with Crippen molar-refractivity contribution in [2.24, 2.45) is 50.5 Å². The SMILES string of the molecule is CN1C[C@H](C(=O)C2C[C@H](C(N)=O)NC(=O)[C@H]2CCCN=C(N)N)NC(=O)[C@@H]1CCCN=C(N)N. The summed E-state index contributed by atoms with van der Waals surface area (Å²) in [6, 6.07) is -2.19. The molecular weight excluding hydrogens is 444 g/mol. The van der Waals surface area contributed by atoms with Gasteiger partial charge in [0.2, 0.25) is 17.7 Å². The number of hydrogen-bond donors (Lipinski definition) is 7. The average molecular weight is 481 g/mol. The molecule has 3 amide bonds. The molecule has 5 atom stereocenters. The maximum atomic E-state index is 13.5. The van der Waals surface area contributed by atoms with E-state index in [0.717, 1.165) is 0 Å². The summed E-state index contributed by atoms with van der Waals surface area (Å²) in [5.74, 6) is -3.25. The molecule has 1 unspecified atom stereocenters. The smallest absolute Gasteiger partial charge is 0.240 e. The van der Waals surface area contributed by atoms with Gasteiger partial charge in [0.15, 0.2) is 17.7 Å². The van der Waals surface area contributed by atoms with E-state index in [4.69, 9.17) is 28.7 Å². The van der Waals surface area contributed by atoms with Crippen molar-refractivity contribution in [3.63, 3.8) is 0 Å². The van der Waals surface area contributed by atoms with Gasteiger partial charge in [0, 0.05) is 31.5 Å². The molecule has 0 aromatic carbocycles. The molecule has 2 heterocycles. The van der Waals surface area contributed by atoms with Gasteiger partial charge in [0.25, 0.3) is 0 Å². The highest BCUT2D eigenvalue weighted by atomic mass is 16.2. The molecule has 2 saturated heterocycles. The zero-order valence-electron chi connectivity index (χ0n) is 19.4. The quantitative estimate of drug-likeness (QED) is 0.0864. The second-order valence-electron chi connectivity index (χ2n) is 8.73. The number of carbonyl (C=O) groups is 4. The number of nitrogens with two attached hydrogens (primary N) is 5. The fourth-order valence-corrected chi connectivity index (χ4v) is 4.48.